The molecule has 2 unspecified atom stereocenters. The van der Waals surface area contributed by atoms with Crippen LogP contribution < -0.4 is 0 Å². The number of carbonyl (C=O) groups is 1. The van der Waals surface area contributed by atoms with Crippen LogP contribution in [0.2, 0.25) is 0 Å². The molecule has 0 aromatic carbocycles. The summed E-state index contributed by atoms with van der Waals surface area (Å²) in [5.74, 6) is 0.883. The Morgan fingerprint density at radius 2 is 2.27 bits per heavy atom. The Kier molecular flexibility index (Phi) is 5.23. The van der Waals surface area contributed by atoms with Gasteiger partial charge in [0.1, 0.15) is 0 Å². The van der Waals surface area contributed by atoms with Crippen LogP contribution >= 0.6 is 11.8 Å². The summed E-state index contributed by atoms with van der Waals surface area (Å²) in [5.41, 5.74) is 0.964. The number of carboxylic acids is 1. The molecule has 15 heavy (non-hydrogen) atoms. The van der Waals surface area contributed by atoms with Gasteiger partial charge in [-0.05, 0) is 25.7 Å². The van der Waals surface area contributed by atoms with Crippen LogP contribution in [-0.4, -0.2) is 22.1 Å². The van der Waals surface area contributed by atoms with Crippen molar-refractivity contribution < 1.29 is 9.90 Å². The molecule has 0 radical (unpaired) electrons. The van der Waals surface area contributed by atoms with E-state index in [1.165, 1.54) is 31.8 Å². The van der Waals surface area contributed by atoms with Gasteiger partial charge < -0.3 is 5.11 Å². The van der Waals surface area contributed by atoms with E-state index in [2.05, 4.69) is 6.92 Å². The van der Waals surface area contributed by atoms with Crippen molar-refractivity contribution in [1.29, 1.82) is 0 Å². The molecule has 2 atom stereocenters. The first-order valence-electron chi connectivity index (χ1n) is 5.59. The molecule has 1 aliphatic rings. The second kappa shape index (κ2) is 6.21. The van der Waals surface area contributed by atoms with Crippen molar-refractivity contribution in [2.24, 2.45) is 5.92 Å². The number of hydrogen-bond donors (Lipinski definition) is 1. The van der Waals surface area contributed by atoms with Crippen molar-refractivity contribution >= 4 is 17.7 Å². The Balaban J connectivity index is 2.27. The molecule has 0 aromatic heterocycles. The Morgan fingerprint density at radius 1 is 1.53 bits per heavy atom. The second-order valence-corrected chi connectivity index (χ2v) is 5.82. The summed E-state index contributed by atoms with van der Waals surface area (Å²) in [4.78, 5) is 10.4. The Bertz CT molecular complexity index is 248. The fourth-order valence-electron chi connectivity index (χ4n) is 2.03. The average Bonchev–Trinajstić information content (AvgIpc) is 2.14. The topological polar surface area (TPSA) is 37.3 Å². The third-order valence-electron chi connectivity index (χ3n) is 2.80. The van der Waals surface area contributed by atoms with Gasteiger partial charge in [-0.2, -0.15) is 11.8 Å². The number of rotatable bonds is 4. The van der Waals surface area contributed by atoms with Crippen LogP contribution in [0.4, 0.5) is 0 Å². The SMILES string of the molecule is CC(=CC(=O)O)CSC1CCCC(C)C1. The molecule has 1 aliphatic carbocycles. The third kappa shape index (κ3) is 5.26. The van der Waals surface area contributed by atoms with E-state index < -0.39 is 5.97 Å². The van der Waals surface area contributed by atoms with Crippen molar-refractivity contribution in [3.63, 3.8) is 0 Å². The van der Waals surface area contributed by atoms with Gasteiger partial charge in [-0.25, -0.2) is 4.79 Å². The molecular weight excluding hydrogens is 208 g/mol. The zero-order chi connectivity index (χ0) is 11.3. The lowest BCUT2D eigenvalue weighted by Crippen LogP contribution is -2.15. The smallest absolute Gasteiger partial charge is 0.328 e. The van der Waals surface area contributed by atoms with Gasteiger partial charge in [-0.3, -0.25) is 0 Å². The first-order valence-corrected chi connectivity index (χ1v) is 6.64. The Hall–Kier alpha value is -0.440. The summed E-state index contributed by atoms with van der Waals surface area (Å²) >= 11 is 1.92. The summed E-state index contributed by atoms with van der Waals surface area (Å²) in [7, 11) is 0. The zero-order valence-corrected chi connectivity index (χ0v) is 10.3. The van der Waals surface area contributed by atoms with Gasteiger partial charge in [-0.15, -0.1) is 0 Å². The van der Waals surface area contributed by atoms with E-state index in [-0.39, 0.29) is 0 Å². The lowest BCUT2D eigenvalue weighted by atomic mass is 9.91. The molecule has 1 N–H and O–H groups in total. The molecule has 0 spiro atoms. The summed E-state index contributed by atoms with van der Waals surface area (Å²) in [6.07, 6.45) is 6.61. The quantitative estimate of drug-likeness (QED) is 0.750. The zero-order valence-electron chi connectivity index (χ0n) is 9.53. The monoisotopic (exact) mass is 228 g/mol. The minimum Gasteiger partial charge on any atom is -0.478 e. The highest BCUT2D eigenvalue weighted by Crippen LogP contribution is 2.32. The number of aliphatic carboxylic acids is 1. The van der Waals surface area contributed by atoms with Gasteiger partial charge in [0.15, 0.2) is 0 Å². The lowest BCUT2D eigenvalue weighted by Gasteiger charge is -2.26. The van der Waals surface area contributed by atoms with Crippen LogP contribution in [0.3, 0.4) is 0 Å². The van der Waals surface area contributed by atoms with E-state index in [1.807, 2.05) is 18.7 Å². The number of thioether (sulfide) groups is 1. The normalized spacial score (nSPS) is 27.7. The minimum atomic E-state index is -0.829. The highest BCUT2D eigenvalue weighted by molar-refractivity contribution is 8.00. The van der Waals surface area contributed by atoms with Crippen molar-refractivity contribution in [3.8, 4) is 0 Å². The van der Waals surface area contributed by atoms with E-state index in [0.717, 1.165) is 22.5 Å². The third-order valence-corrected chi connectivity index (χ3v) is 4.33. The van der Waals surface area contributed by atoms with E-state index in [0.29, 0.717) is 0 Å². The van der Waals surface area contributed by atoms with E-state index >= 15 is 0 Å². The van der Waals surface area contributed by atoms with Gasteiger partial charge in [0.05, 0.1) is 0 Å². The Morgan fingerprint density at radius 3 is 2.87 bits per heavy atom. The fraction of sp³-hybridized carbons (Fsp3) is 0.750. The first-order chi connectivity index (χ1) is 7.08. The minimum absolute atomic E-state index is 0.742. The van der Waals surface area contributed by atoms with Gasteiger partial charge in [0, 0.05) is 17.1 Å². The second-order valence-electron chi connectivity index (χ2n) is 4.53. The highest BCUT2D eigenvalue weighted by Gasteiger charge is 2.18. The molecule has 0 heterocycles. The van der Waals surface area contributed by atoms with Gasteiger partial charge in [-0.1, -0.05) is 25.3 Å². The maximum absolute atomic E-state index is 10.4. The molecule has 1 rings (SSSR count). The molecule has 3 heteroatoms. The molecule has 0 saturated heterocycles. The van der Waals surface area contributed by atoms with Crippen LogP contribution in [-0.2, 0) is 4.79 Å². The van der Waals surface area contributed by atoms with Crippen LogP contribution in [0, 0.1) is 5.92 Å². The molecule has 2 nitrogen and oxygen atoms in total. The standard InChI is InChI=1S/C12H20O2S/c1-9-4-3-5-11(6-9)15-8-10(2)7-12(13)14/h7,9,11H,3-6,8H2,1-2H3,(H,13,14). The first kappa shape index (κ1) is 12.6. The molecular formula is C12H20O2S. The Labute approximate surface area is 96.1 Å². The molecule has 0 amide bonds. The lowest BCUT2D eigenvalue weighted by molar-refractivity contribution is -0.131. The predicted octanol–water partition coefficient (Wildman–Crippen LogP) is 3.33. The van der Waals surface area contributed by atoms with Crippen molar-refractivity contribution in [2.45, 2.75) is 44.8 Å². The van der Waals surface area contributed by atoms with Crippen molar-refractivity contribution in [2.75, 3.05) is 5.75 Å². The largest absolute Gasteiger partial charge is 0.478 e. The number of carboxylic acid groups (broad SMARTS) is 1. The average molecular weight is 228 g/mol. The van der Waals surface area contributed by atoms with Crippen LogP contribution in [0.1, 0.15) is 39.5 Å². The molecule has 1 saturated carbocycles. The van der Waals surface area contributed by atoms with Crippen molar-refractivity contribution in [3.05, 3.63) is 11.6 Å². The predicted molar refractivity (Wildman–Crippen MR) is 65.3 cm³/mol. The summed E-state index contributed by atoms with van der Waals surface area (Å²) in [6.45, 7) is 4.21. The van der Waals surface area contributed by atoms with Crippen LogP contribution in [0.15, 0.2) is 11.6 Å². The van der Waals surface area contributed by atoms with E-state index in [4.69, 9.17) is 5.11 Å². The highest BCUT2D eigenvalue weighted by atomic mass is 32.2. The fourth-order valence-corrected chi connectivity index (χ4v) is 3.41. The van der Waals surface area contributed by atoms with E-state index in [9.17, 15) is 4.79 Å². The summed E-state index contributed by atoms with van der Waals surface area (Å²) in [5, 5.41) is 9.32. The van der Waals surface area contributed by atoms with E-state index in [1.54, 1.807) is 0 Å². The summed E-state index contributed by atoms with van der Waals surface area (Å²) < 4.78 is 0. The number of hydrogen-bond acceptors (Lipinski definition) is 2. The maximum Gasteiger partial charge on any atom is 0.328 e. The molecule has 0 aromatic rings. The molecule has 0 bridgehead atoms. The van der Waals surface area contributed by atoms with Gasteiger partial charge in [0.2, 0.25) is 0 Å². The molecule has 1 fully saturated rings. The molecule has 86 valence electrons. The van der Waals surface area contributed by atoms with Gasteiger partial charge >= 0.3 is 5.97 Å². The summed E-state index contributed by atoms with van der Waals surface area (Å²) in [6, 6.07) is 0. The maximum atomic E-state index is 10.4. The molecule has 0 aliphatic heterocycles. The van der Waals surface area contributed by atoms with Gasteiger partial charge in [0.25, 0.3) is 0 Å². The van der Waals surface area contributed by atoms with Crippen molar-refractivity contribution in [1.82, 2.24) is 0 Å². The van der Waals surface area contributed by atoms with Crippen LogP contribution in [0.25, 0.3) is 0 Å². The van der Waals surface area contributed by atoms with Crippen LogP contribution in [0.5, 0.6) is 0 Å².